The molecule has 0 aliphatic carbocycles. The topological polar surface area (TPSA) is 12.0 Å². The van der Waals surface area contributed by atoms with E-state index in [1.807, 2.05) is 6.08 Å². The standard InChI is InChI=1S/C12H19N/c1-3-6-11(7-4-2)10-12-8-5-9-13-12/h3,6,10,13H,1,4-5,7-9H2,2H3/b11-6-,12-10-. The molecule has 0 spiro atoms. The fourth-order valence-corrected chi connectivity index (χ4v) is 1.61. The van der Waals surface area contributed by atoms with Crippen LogP contribution in [0.15, 0.2) is 36.1 Å². The van der Waals surface area contributed by atoms with E-state index in [9.17, 15) is 0 Å². The van der Waals surface area contributed by atoms with Crippen LogP contribution in [-0.2, 0) is 0 Å². The van der Waals surface area contributed by atoms with E-state index in [-0.39, 0.29) is 0 Å². The van der Waals surface area contributed by atoms with E-state index in [1.54, 1.807) is 0 Å². The highest BCUT2D eigenvalue weighted by atomic mass is 14.9. The fourth-order valence-electron chi connectivity index (χ4n) is 1.61. The zero-order valence-electron chi connectivity index (χ0n) is 8.47. The van der Waals surface area contributed by atoms with Gasteiger partial charge in [0.25, 0.3) is 0 Å². The zero-order valence-corrected chi connectivity index (χ0v) is 8.47. The summed E-state index contributed by atoms with van der Waals surface area (Å²) in [5.74, 6) is 0. The molecule has 0 radical (unpaired) electrons. The molecule has 1 heterocycles. The molecule has 1 N–H and O–H groups in total. The summed E-state index contributed by atoms with van der Waals surface area (Å²) in [7, 11) is 0. The van der Waals surface area contributed by atoms with Crippen LogP contribution in [0.1, 0.15) is 32.6 Å². The monoisotopic (exact) mass is 177 g/mol. The van der Waals surface area contributed by atoms with E-state index in [0.717, 1.165) is 13.0 Å². The minimum Gasteiger partial charge on any atom is -0.388 e. The van der Waals surface area contributed by atoms with Crippen molar-refractivity contribution in [1.29, 1.82) is 0 Å². The molecule has 0 amide bonds. The first-order valence-electron chi connectivity index (χ1n) is 5.13. The minimum atomic E-state index is 1.14. The van der Waals surface area contributed by atoms with Gasteiger partial charge in [0.15, 0.2) is 0 Å². The van der Waals surface area contributed by atoms with Crippen molar-refractivity contribution in [3.8, 4) is 0 Å². The molecule has 0 aromatic heterocycles. The summed E-state index contributed by atoms with van der Waals surface area (Å²) in [4.78, 5) is 0. The number of rotatable bonds is 4. The van der Waals surface area contributed by atoms with E-state index in [1.165, 1.54) is 30.5 Å². The largest absolute Gasteiger partial charge is 0.388 e. The summed E-state index contributed by atoms with van der Waals surface area (Å²) in [5, 5.41) is 3.39. The molecule has 1 heteroatoms. The minimum absolute atomic E-state index is 1.14. The van der Waals surface area contributed by atoms with E-state index in [0.29, 0.717) is 0 Å². The van der Waals surface area contributed by atoms with Gasteiger partial charge >= 0.3 is 0 Å². The molecule has 0 aromatic carbocycles. The van der Waals surface area contributed by atoms with Crippen LogP contribution in [0.3, 0.4) is 0 Å². The van der Waals surface area contributed by atoms with Gasteiger partial charge < -0.3 is 5.32 Å². The Morgan fingerprint density at radius 3 is 3.00 bits per heavy atom. The first kappa shape index (κ1) is 10.1. The Morgan fingerprint density at radius 1 is 1.62 bits per heavy atom. The molecule has 1 aliphatic heterocycles. The maximum absolute atomic E-state index is 3.73. The number of hydrogen-bond acceptors (Lipinski definition) is 1. The third-order valence-corrected chi connectivity index (χ3v) is 2.21. The summed E-state index contributed by atoms with van der Waals surface area (Å²) >= 11 is 0. The van der Waals surface area contributed by atoms with E-state index < -0.39 is 0 Å². The second-order valence-corrected chi connectivity index (χ2v) is 3.43. The summed E-state index contributed by atoms with van der Waals surface area (Å²) in [6.45, 7) is 7.08. The zero-order chi connectivity index (χ0) is 9.52. The van der Waals surface area contributed by atoms with Crippen molar-refractivity contribution in [3.05, 3.63) is 36.1 Å². The van der Waals surface area contributed by atoms with Gasteiger partial charge in [-0.05, 0) is 30.9 Å². The van der Waals surface area contributed by atoms with Gasteiger partial charge in [-0.1, -0.05) is 32.1 Å². The Hall–Kier alpha value is -0.980. The van der Waals surface area contributed by atoms with Crippen LogP contribution in [0.25, 0.3) is 0 Å². The summed E-state index contributed by atoms with van der Waals surface area (Å²) in [6.07, 6.45) is 11.1. The lowest BCUT2D eigenvalue weighted by atomic mass is 10.1. The lowest BCUT2D eigenvalue weighted by molar-refractivity contribution is 0.897. The average Bonchev–Trinajstić information content (AvgIpc) is 2.58. The second-order valence-electron chi connectivity index (χ2n) is 3.43. The highest BCUT2D eigenvalue weighted by molar-refractivity contribution is 5.27. The Morgan fingerprint density at radius 2 is 2.46 bits per heavy atom. The lowest BCUT2D eigenvalue weighted by Crippen LogP contribution is -2.03. The van der Waals surface area contributed by atoms with Gasteiger partial charge in [-0.15, -0.1) is 0 Å². The third kappa shape index (κ3) is 3.49. The van der Waals surface area contributed by atoms with Gasteiger partial charge in [0.2, 0.25) is 0 Å². The smallest absolute Gasteiger partial charge is 0.0147 e. The Kier molecular flexibility index (Phi) is 4.37. The molecule has 13 heavy (non-hydrogen) atoms. The number of hydrogen-bond donors (Lipinski definition) is 1. The predicted molar refractivity (Wildman–Crippen MR) is 58.5 cm³/mol. The van der Waals surface area contributed by atoms with Crippen molar-refractivity contribution in [1.82, 2.24) is 5.32 Å². The maximum atomic E-state index is 3.73. The quantitative estimate of drug-likeness (QED) is 0.650. The molecule has 1 saturated heterocycles. The summed E-state index contributed by atoms with van der Waals surface area (Å²) in [6, 6.07) is 0. The Labute approximate surface area is 81.2 Å². The van der Waals surface area contributed by atoms with Gasteiger partial charge in [0.1, 0.15) is 0 Å². The molecule has 0 unspecified atom stereocenters. The van der Waals surface area contributed by atoms with E-state index in [2.05, 4.69) is 31.0 Å². The SMILES string of the molecule is C=C/C=C(\C=C1\CCCN1)CCC. The van der Waals surface area contributed by atoms with Crippen molar-refractivity contribution < 1.29 is 0 Å². The summed E-state index contributed by atoms with van der Waals surface area (Å²) < 4.78 is 0. The molecule has 72 valence electrons. The third-order valence-electron chi connectivity index (χ3n) is 2.21. The van der Waals surface area contributed by atoms with Gasteiger partial charge in [-0.3, -0.25) is 0 Å². The van der Waals surface area contributed by atoms with Crippen molar-refractivity contribution in [2.24, 2.45) is 0 Å². The van der Waals surface area contributed by atoms with E-state index >= 15 is 0 Å². The normalized spacial score (nSPS) is 20.4. The lowest BCUT2D eigenvalue weighted by Gasteiger charge is -2.02. The highest BCUT2D eigenvalue weighted by Crippen LogP contribution is 2.14. The molecule has 0 bridgehead atoms. The van der Waals surface area contributed by atoms with Crippen molar-refractivity contribution in [3.63, 3.8) is 0 Å². The molecule has 0 saturated carbocycles. The predicted octanol–water partition coefficient (Wildman–Crippen LogP) is 3.17. The van der Waals surface area contributed by atoms with Crippen LogP contribution < -0.4 is 5.32 Å². The number of allylic oxidation sites excluding steroid dienone is 5. The van der Waals surface area contributed by atoms with Crippen LogP contribution in [0.2, 0.25) is 0 Å². The maximum Gasteiger partial charge on any atom is 0.0147 e. The number of nitrogens with one attached hydrogen (secondary N) is 1. The van der Waals surface area contributed by atoms with Crippen molar-refractivity contribution in [2.75, 3.05) is 6.54 Å². The molecule has 1 rings (SSSR count). The van der Waals surface area contributed by atoms with Gasteiger partial charge in [0.05, 0.1) is 0 Å². The van der Waals surface area contributed by atoms with Crippen LogP contribution in [0, 0.1) is 0 Å². The van der Waals surface area contributed by atoms with Crippen LogP contribution in [0.5, 0.6) is 0 Å². The van der Waals surface area contributed by atoms with Gasteiger partial charge in [-0.2, -0.15) is 0 Å². The molecule has 0 aromatic rings. The molecule has 1 aliphatic rings. The molecule has 1 fully saturated rings. The molecular formula is C12H19N. The molecular weight excluding hydrogens is 158 g/mol. The highest BCUT2D eigenvalue weighted by Gasteiger charge is 2.04. The second kappa shape index (κ2) is 5.63. The van der Waals surface area contributed by atoms with Crippen LogP contribution >= 0.6 is 0 Å². The summed E-state index contributed by atoms with van der Waals surface area (Å²) in [5.41, 5.74) is 2.78. The fraction of sp³-hybridized carbons (Fsp3) is 0.500. The Bertz CT molecular complexity index is 215. The molecule has 0 atom stereocenters. The van der Waals surface area contributed by atoms with E-state index in [4.69, 9.17) is 0 Å². The van der Waals surface area contributed by atoms with Crippen LogP contribution in [0.4, 0.5) is 0 Å². The van der Waals surface area contributed by atoms with Crippen molar-refractivity contribution in [2.45, 2.75) is 32.6 Å². The first-order chi connectivity index (χ1) is 6.36. The molecule has 1 nitrogen and oxygen atoms in total. The Balaban J connectivity index is 2.59. The van der Waals surface area contributed by atoms with Crippen molar-refractivity contribution >= 4 is 0 Å². The van der Waals surface area contributed by atoms with Gasteiger partial charge in [-0.25, -0.2) is 0 Å². The van der Waals surface area contributed by atoms with Crippen LogP contribution in [-0.4, -0.2) is 6.54 Å². The first-order valence-corrected chi connectivity index (χ1v) is 5.13. The average molecular weight is 177 g/mol. The van der Waals surface area contributed by atoms with Gasteiger partial charge in [0, 0.05) is 12.2 Å².